The van der Waals surface area contributed by atoms with Crippen LogP contribution >= 0.6 is 0 Å². The van der Waals surface area contributed by atoms with E-state index in [4.69, 9.17) is 4.98 Å². The number of aliphatic carboxylic acids is 1. The smallest absolute Gasteiger partial charge is 0.146 e. The molecule has 0 unspecified atom stereocenters. The zero-order valence-electron chi connectivity index (χ0n) is 23.5. The lowest BCUT2D eigenvalue weighted by Crippen LogP contribution is -2.46. The number of carbonyl (C=O) groups excluding carboxylic acids is 2. The van der Waals surface area contributed by atoms with E-state index in [2.05, 4.69) is 38.1 Å². The van der Waals surface area contributed by atoms with Crippen molar-refractivity contribution in [2.24, 2.45) is 17.3 Å². The molecule has 0 radical (unpaired) electrons. The number of nitrogens with zero attached hydrogens (tertiary/aromatic N) is 1. The van der Waals surface area contributed by atoms with Crippen LogP contribution in [0, 0.1) is 17.3 Å². The summed E-state index contributed by atoms with van der Waals surface area (Å²) >= 11 is 0. The molecule has 2 N–H and O–H groups in total. The van der Waals surface area contributed by atoms with Gasteiger partial charge in [0, 0.05) is 35.0 Å². The summed E-state index contributed by atoms with van der Waals surface area (Å²) in [6, 6.07) is 12.2. The molecule has 38 heavy (non-hydrogen) atoms. The number of para-hydroxylation sites is 1. The number of fused-ring (bicyclic) bond motifs is 1. The molecule has 4 atom stereocenters. The molecule has 0 spiro atoms. The molecule has 0 fully saturated rings. The number of allylic oxidation sites excluding steroid dienone is 4. The number of carboxylic acids is 1. The van der Waals surface area contributed by atoms with Crippen LogP contribution in [0.25, 0.3) is 17.0 Å². The lowest BCUT2D eigenvalue weighted by Gasteiger charge is -2.34. The molecule has 6 heteroatoms. The summed E-state index contributed by atoms with van der Waals surface area (Å²) < 4.78 is 0. The number of rotatable bonds is 14. The summed E-state index contributed by atoms with van der Waals surface area (Å²) in [6.07, 6.45) is 7.87. The van der Waals surface area contributed by atoms with Crippen molar-refractivity contribution in [1.82, 2.24) is 4.98 Å². The van der Waals surface area contributed by atoms with Crippen LogP contribution in [0.3, 0.4) is 0 Å². The molecule has 1 aromatic heterocycles. The van der Waals surface area contributed by atoms with E-state index in [0.717, 1.165) is 35.9 Å². The number of aliphatic hydroxyl groups excluding tert-OH is 2. The summed E-state index contributed by atoms with van der Waals surface area (Å²) in [5.74, 6) is -2.84. The van der Waals surface area contributed by atoms with Gasteiger partial charge in [0.15, 0.2) is 0 Å². The van der Waals surface area contributed by atoms with Crippen LogP contribution in [0.15, 0.2) is 65.8 Å². The monoisotopic (exact) mass is 520 g/mol. The van der Waals surface area contributed by atoms with Crippen molar-refractivity contribution in [1.29, 1.82) is 0 Å². The number of hydrogen-bond donors (Lipinski definition) is 2. The first kappa shape index (κ1) is 31.1. The van der Waals surface area contributed by atoms with Crippen LogP contribution in [0.4, 0.5) is 0 Å². The number of hydrogen-bond acceptors (Lipinski definition) is 6. The van der Waals surface area contributed by atoms with E-state index < -0.39 is 35.9 Å². The summed E-state index contributed by atoms with van der Waals surface area (Å²) in [7, 11) is 0. The van der Waals surface area contributed by atoms with Crippen LogP contribution in [-0.2, 0) is 9.59 Å². The van der Waals surface area contributed by atoms with Gasteiger partial charge < -0.3 is 20.1 Å². The average Bonchev–Trinajstić information content (AvgIpc) is 2.86. The lowest BCUT2D eigenvalue weighted by atomic mass is 9.73. The Balaban J connectivity index is 1.86. The Kier molecular flexibility index (Phi) is 11.6. The van der Waals surface area contributed by atoms with Crippen molar-refractivity contribution in [3.8, 4) is 0 Å². The number of ketones is 1. The van der Waals surface area contributed by atoms with Crippen LogP contribution in [-0.4, -0.2) is 39.2 Å². The van der Waals surface area contributed by atoms with Crippen molar-refractivity contribution >= 4 is 28.7 Å². The first-order chi connectivity index (χ1) is 17.8. The van der Waals surface area contributed by atoms with Gasteiger partial charge in [-0.1, -0.05) is 81.3 Å². The minimum absolute atomic E-state index is 0.282. The third-order valence-electron chi connectivity index (χ3n) is 7.22. The molecule has 0 amide bonds. The molecule has 6 nitrogen and oxygen atoms in total. The highest BCUT2D eigenvalue weighted by Gasteiger charge is 2.40. The molecule has 0 saturated heterocycles. The maximum atomic E-state index is 12.9. The number of pyridine rings is 1. The van der Waals surface area contributed by atoms with Crippen LogP contribution in [0.2, 0.25) is 0 Å². The van der Waals surface area contributed by atoms with Crippen molar-refractivity contribution in [2.75, 3.05) is 0 Å². The second kappa shape index (κ2) is 14.2. The number of aliphatic hydroxyl groups is 2. The van der Waals surface area contributed by atoms with Crippen molar-refractivity contribution in [2.45, 2.75) is 79.4 Å². The molecular formula is C32H42NO5-. The molecule has 2 aromatic rings. The number of Topliss-reactive ketones (excluding diaryl/α,β-unsaturated/α-hetero) is 1. The van der Waals surface area contributed by atoms with Crippen LogP contribution in [0.1, 0.15) is 72.9 Å². The first-order valence-corrected chi connectivity index (χ1v) is 13.3. The van der Waals surface area contributed by atoms with E-state index in [-0.39, 0.29) is 11.7 Å². The summed E-state index contributed by atoms with van der Waals surface area (Å²) in [6.45, 7) is 10.6. The van der Waals surface area contributed by atoms with Gasteiger partial charge >= 0.3 is 0 Å². The molecule has 1 aromatic carbocycles. The Labute approximate surface area is 226 Å². The van der Waals surface area contributed by atoms with Gasteiger partial charge in [-0.05, 0) is 51.3 Å². The van der Waals surface area contributed by atoms with Gasteiger partial charge in [-0.2, -0.15) is 0 Å². The number of benzene rings is 1. The van der Waals surface area contributed by atoms with E-state index in [1.165, 1.54) is 25.0 Å². The van der Waals surface area contributed by atoms with E-state index in [9.17, 15) is 24.9 Å². The minimum atomic E-state index is -1.42. The highest BCUT2D eigenvalue weighted by molar-refractivity contribution is 5.87. The highest BCUT2D eigenvalue weighted by Crippen LogP contribution is 2.30. The summed E-state index contributed by atoms with van der Waals surface area (Å²) in [5, 5.41) is 32.8. The first-order valence-electron chi connectivity index (χ1n) is 13.3. The molecular weight excluding hydrogens is 478 g/mol. The van der Waals surface area contributed by atoms with Gasteiger partial charge in [0.05, 0.1) is 23.4 Å². The maximum Gasteiger partial charge on any atom is 0.146 e. The van der Waals surface area contributed by atoms with Gasteiger partial charge in [0.2, 0.25) is 0 Å². The van der Waals surface area contributed by atoms with Crippen molar-refractivity contribution in [3.63, 3.8) is 0 Å². The largest absolute Gasteiger partial charge is 0.550 e. The van der Waals surface area contributed by atoms with Gasteiger partial charge in [0.1, 0.15) is 5.78 Å². The molecule has 0 bridgehead atoms. The van der Waals surface area contributed by atoms with Gasteiger partial charge in [-0.3, -0.25) is 4.79 Å². The van der Waals surface area contributed by atoms with Crippen LogP contribution in [0.5, 0.6) is 0 Å². The highest BCUT2D eigenvalue weighted by atomic mass is 16.4. The second-order valence-electron chi connectivity index (χ2n) is 11.0. The lowest BCUT2D eigenvalue weighted by molar-refractivity contribution is -0.308. The zero-order chi connectivity index (χ0) is 28.5. The number of aromatic nitrogens is 1. The topological polar surface area (TPSA) is 111 Å². The Morgan fingerprint density at radius 2 is 1.74 bits per heavy atom. The molecule has 0 aliphatic carbocycles. The predicted molar refractivity (Wildman–Crippen MR) is 151 cm³/mol. The van der Waals surface area contributed by atoms with E-state index in [1.807, 2.05) is 43.3 Å². The van der Waals surface area contributed by atoms with Gasteiger partial charge in [0.25, 0.3) is 0 Å². The fraction of sp³-hybridized carbons (Fsp3) is 0.469. The quantitative estimate of drug-likeness (QED) is 0.338. The fourth-order valence-electron chi connectivity index (χ4n) is 4.47. The van der Waals surface area contributed by atoms with E-state index in [1.54, 1.807) is 6.92 Å². The number of carbonyl (C=O) groups is 2. The second-order valence-corrected chi connectivity index (χ2v) is 11.0. The van der Waals surface area contributed by atoms with E-state index in [0.29, 0.717) is 0 Å². The molecule has 1 heterocycles. The Morgan fingerprint density at radius 3 is 2.42 bits per heavy atom. The van der Waals surface area contributed by atoms with Gasteiger partial charge in [-0.25, -0.2) is 4.98 Å². The van der Waals surface area contributed by atoms with E-state index >= 15 is 0 Å². The van der Waals surface area contributed by atoms with Crippen molar-refractivity contribution < 1.29 is 24.9 Å². The summed E-state index contributed by atoms with van der Waals surface area (Å²) in [5.41, 5.74) is 3.12. The molecule has 2 rings (SSSR count). The number of carboxylic acid groups (broad SMARTS) is 1. The van der Waals surface area contributed by atoms with Crippen LogP contribution < -0.4 is 5.11 Å². The third kappa shape index (κ3) is 9.03. The predicted octanol–water partition coefficient (Wildman–Crippen LogP) is 5.04. The summed E-state index contributed by atoms with van der Waals surface area (Å²) in [4.78, 5) is 28.4. The minimum Gasteiger partial charge on any atom is -0.550 e. The molecule has 206 valence electrons. The SMILES string of the molecule is C/C(=C/CC/C(C)=C/c1ccc2ccccc2n1)C/C=C/[C@H](C)[C@H](O)[C@@H](C)C(=O)C(C)(C)[C@@H](O)CC(=O)[O-]. The standard InChI is InChI=1S/C32H43NO5/c1-21(11-9-13-22(2)19-26-18-17-25-15-7-8-16-27(25)33-26)12-10-14-23(3)30(37)24(4)31(38)32(5,6)28(34)20-29(35)36/h7-8,10-11,14-19,23-24,28,30,34,37H,9,12-13,20H2,1-6H3,(H,35,36)/p-1/b14-10+,21-11-,22-19+/t23-,24+,28-,30-/m0/s1. The maximum absolute atomic E-state index is 12.9. The Hall–Kier alpha value is -3.09. The average molecular weight is 521 g/mol. The molecule has 0 aliphatic heterocycles. The fourth-order valence-corrected chi connectivity index (χ4v) is 4.47. The Morgan fingerprint density at radius 1 is 1.05 bits per heavy atom. The molecule has 0 aliphatic rings. The van der Waals surface area contributed by atoms with Crippen molar-refractivity contribution in [3.05, 3.63) is 71.5 Å². The van der Waals surface area contributed by atoms with Gasteiger partial charge in [-0.15, -0.1) is 0 Å². The third-order valence-corrected chi connectivity index (χ3v) is 7.22. The normalized spacial score (nSPS) is 16.4. The zero-order valence-corrected chi connectivity index (χ0v) is 23.5. The molecule has 0 saturated carbocycles. The Bertz CT molecular complexity index is 1190.